The number of Topliss-reactive ketones (excluding diaryl/α,β-unsaturated/α-hetero) is 1. The van der Waals surface area contributed by atoms with Gasteiger partial charge in [-0.25, -0.2) is 0 Å². The molecule has 1 nitrogen and oxygen atoms in total. The minimum atomic E-state index is 0.306. The summed E-state index contributed by atoms with van der Waals surface area (Å²) in [6.07, 6.45) is 16.4. The Morgan fingerprint density at radius 3 is 2.60 bits per heavy atom. The standard InChI is InChI=1S/C14H22O/c1-3-4-5-6-7-8-9-10-11-12-13-14(2)15/h3-5,7-8H,1,6,9-13H2,2H3/b5-4?,8-7-. The summed E-state index contributed by atoms with van der Waals surface area (Å²) in [6.45, 7) is 5.26. The lowest BCUT2D eigenvalue weighted by Gasteiger charge is -1.95. The van der Waals surface area contributed by atoms with Crippen molar-refractivity contribution in [3.63, 3.8) is 0 Å². The number of allylic oxidation sites excluding steroid dienone is 5. The molecule has 0 aliphatic carbocycles. The Bertz CT molecular complexity index is 223. The van der Waals surface area contributed by atoms with E-state index in [-0.39, 0.29) is 0 Å². The highest BCUT2D eigenvalue weighted by molar-refractivity contribution is 5.75. The second-order valence-corrected chi connectivity index (χ2v) is 3.67. The molecule has 0 aromatic rings. The molecule has 0 saturated heterocycles. The fourth-order valence-corrected chi connectivity index (χ4v) is 1.28. The predicted octanol–water partition coefficient (Wildman–Crippen LogP) is 4.21. The van der Waals surface area contributed by atoms with Crippen molar-refractivity contribution in [2.75, 3.05) is 0 Å². The zero-order valence-corrected chi connectivity index (χ0v) is 9.74. The highest BCUT2D eigenvalue weighted by Gasteiger charge is 1.92. The molecule has 1 heteroatoms. The molecule has 0 N–H and O–H groups in total. The second-order valence-electron chi connectivity index (χ2n) is 3.67. The summed E-state index contributed by atoms with van der Waals surface area (Å²) in [5.74, 6) is 0.306. The highest BCUT2D eigenvalue weighted by Crippen LogP contribution is 2.04. The summed E-state index contributed by atoms with van der Waals surface area (Å²) >= 11 is 0. The van der Waals surface area contributed by atoms with Crippen LogP contribution in [0.15, 0.2) is 37.0 Å². The average molecular weight is 206 g/mol. The summed E-state index contributed by atoms with van der Waals surface area (Å²) in [5, 5.41) is 0. The van der Waals surface area contributed by atoms with Crippen molar-refractivity contribution < 1.29 is 4.79 Å². The van der Waals surface area contributed by atoms with E-state index in [1.165, 1.54) is 6.42 Å². The lowest BCUT2D eigenvalue weighted by atomic mass is 10.1. The Labute approximate surface area is 93.6 Å². The molecule has 0 radical (unpaired) electrons. The molecular formula is C14H22O. The highest BCUT2D eigenvalue weighted by atomic mass is 16.1. The number of carbonyl (C=O) groups excluding carboxylic acids is 1. The van der Waals surface area contributed by atoms with Gasteiger partial charge in [-0.05, 0) is 32.6 Å². The summed E-state index contributed by atoms with van der Waals surface area (Å²) in [7, 11) is 0. The number of carbonyl (C=O) groups is 1. The van der Waals surface area contributed by atoms with Crippen molar-refractivity contribution in [3.8, 4) is 0 Å². The maximum absolute atomic E-state index is 10.6. The van der Waals surface area contributed by atoms with Gasteiger partial charge in [0.1, 0.15) is 5.78 Å². The fourth-order valence-electron chi connectivity index (χ4n) is 1.28. The summed E-state index contributed by atoms with van der Waals surface area (Å²) in [5.41, 5.74) is 0. The van der Waals surface area contributed by atoms with Crippen LogP contribution in [-0.4, -0.2) is 5.78 Å². The van der Waals surface area contributed by atoms with Gasteiger partial charge in [0.25, 0.3) is 0 Å². The lowest BCUT2D eigenvalue weighted by molar-refractivity contribution is -0.117. The molecule has 0 heterocycles. The van der Waals surface area contributed by atoms with Crippen LogP contribution in [0.1, 0.15) is 45.4 Å². The number of rotatable bonds is 9. The van der Waals surface area contributed by atoms with Crippen LogP contribution in [0.2, 0.25) is 0 Å². The predicted molar refractivity (Wildman–Crippen MR) is 66.9 cm³/mol. The molecule has 0 saturated carbocycles. The topological polar surface area (TPSA) is 17.1 Å². The first kappa shape index (κ1) is 13.9. The molecular weight excluding hydrogens is 184 g/mol. The van der Waals surface area contributed by atoms with Gasteiger partial charge in [0.05, 0.1) is 0 Å². The summed E-state index contributed by atoms with van der Waals surface area (Å²) in [6, 6.07) is 0. The molecule has 0 aliphatic heterocycles. The van der Waals surface area contributed by atoms with E-state index in [2.05, 4.69) is 24.8 Å². The molecule has 0 aliphatic rings. The lowest BCUT2D eigenvalue weighted by Crippen LogP contribution is -1.88. The Balaban J connectivity index is 3.19. The molecule has 0 aromatic heterocycles. The van der Waals surface area contributed by atoms with Gasteiger partial charge in [-0.3, -0.25) is 0 Å². The quantitative estimate of drug-likeness (QED) is 0.314. The third kappa shape index (κ3) is 12.9. The number of hydrogen-bond donors (Lipinski definition) is 0. The van der Waals surface area contributed by atoms with Gasteiger partial charge >= 0.3 is 0 Å². The van der Waals surface area contributed by atoms with Gasteiger partial charge in [-0.15, -0.1) is 0 Å². The number of unbranched alkanes of at least 4 members (excludes halogenated alkanes) is 3. The molecule has 0 fully saturated rings. The Morgan fingerprint density at radius 1 is 1.13 bits per heavy atom. The monoisotopic (exact) mass is 206 g/mol. The third-order valence-electron chi connectivity index (χ3n) is 2.11. The van der Waals surface area contributed by atoms with Crippen LogP contribution in [0, 0.1) is 0 Å². The Kier molecular flexibility index (Phi) is 10.2. The van der Waals surface area contributed by atoms with Gasteiger partial charge in [0.15, 0.2) is 0 Å². The third-order valence-corrected chi connectivity index (χ3v) is 2.11. The van der Waals surface area contributed by atoms with E-state index in [9.17, 15) is 4.79 Å². The molecule has 15 heavy (non-hydrogen) atoms. The van der Waals surface area contributed by atoms with E-state index in [1.807, 2.05) is 6.08 Å². The van der Waals surface area contributed by atoms with Crippen molar-refractivity contribution in [2.45, 2.75) is 45.4 Å². The van der Waals surface area contributed by atoms with Gasteiger partial charge in [0.2, 0.25) is 0 Å². The van der Waals surface area contributed by atoms with E-state index in [0.29, 0.717) is 5.78 Å². The van der Waals surface area contributed by atoms with Crippen molar-refractivity contribution in [1.82, 2.24) is 0 Å². The largest absolute Gasteiger partial charge is 0.300 e. The van der Waals surface area contributed by atoms with Crippen LogP contribution < -0.4 is 0 Å². The van der Waals surface area contributed by atoms with Gasteiger partial charge in [-0.2, -0.15) is 0 Å². The van der Waals surface area contributed by atoms with Crippen LogP contribution in [0.25, 0.3) is 0 Å². The molecule has 84 valence electrons. The van der Waals surface area contributed by atoms with Crippen LogP contribution >= 0.6 is 0 Å². The molecule has 0 bridgehead atoms. The first-order chi connectivity index (χ1) is 7.27. The molecule has 0 atom stereocenters. The number of ketones is 1. The molecule has 0 amide bonds. The van der Waals surface area contributed by atoms with E-state index in [0.717, 1.165) is 32.1 Å². The van der Waals surface area contributed by atoms with E-state index >= 15 is 0 Å². The van der Waals surface area contributed by atoms with Crippen LogP contribution in [0.4, 0.5) is 0 Å². The fraction of sp³-hybridized carbons (Fsp3) is 0.500. The van der Waals surface area contributed by atoms with Crippen molar-refractivity contribution in [1.29, 1.82) is 0 Å². The van der Waals surface area contributed by atoms with Crippen molar-refractivity contribution >= 4 is 5.78 Å². The van der Waals surface area contributed by atoms with E-state index in [4.69, 9.17) is 0 Å². The SMILES string of the molecule is C=CC=CC/C=C\CCCCCC(C)=O. The summed E-state index contributed by atoms with van der Waals surface area (Å²) in [4.78, 5) is 10.6. The van der Waals surface area contributed by atoms with Crippen molar-refractivity contribution in [3.05, 3.63) is 37.0 Å². The minimum absolute atomic E-state index is 0.306. The molecule has 0 unspecified atom stereocenters. The van der Waals surface area contributed by atoms with Gasteiger partial charge in [0, 0.05) is 6.42 Å². The molecule has 0 aromatic carbocycles. The van der Waals surface area contributed by atoms with E-state index in [1.54, 1.807) is 13.0 Å². The average Bonchev–Trinajstić information content (AvgIpc) is 2.20. The van der Waals surface area contributed by atoms with Gasteiger partial charge < -0.3 is 4.79 Å². The van der Waals surface area contributed by atoms with Crippen LogP contribution in [0.3, 0.4) is 0 Å². The maximum atomic E-state index is 10.6. The van der Waals surface area contributed by atoms with Crippen LogP contribution in [-0.2, 0) is 4.79 Å². The first-order valence-electron chi connectivity index (χ1n) is 5.69. The maximum Gasteiger partial charge on any atom is 0.129 e. The smallest absolute Gasteiger partial charge is 0.129 e. The number of hydrogen-bond acceptors (Lipinski definition) is 1. The van der Waals surface area contributed by atoms with Crippen LogP contribution in [0.5, 0.6) is 0 Å². The molecule has 0 spiro atoms. The van der Waals surface area contributed by atoms with E-state index < -0.39 is 0 Å². The Hall–Kier alpha value is -1.11. The normalized spacial score (nSPS) is 11.3. The zero-order chi connectivity index (χ0) is 11.4. The second kappa shape index (κ2) is 11.0. The molecule has 0 rings (SSSR count). The Morgan fingerprint density at radius 2 is 1.93 bits per heavy atom. The van der Waals surface area contributed by atoms with Gasteiger partial charge in [-0.1, -0.05) is 43.4 Å². The van der Waals surface area contributed by atoms with Crippen molar-refractivity contribution in [2.24, 2.45) is 0 Å². The zero-order valence-electron chi connectivity index (χ0n) is 9.74. The minimum Gasteiger partial charge on any atom is -0.300 e. The first-order valence-corrected chi connectivity index (χ1v) is 5.69. The summed E-state index contributed by atoms with van der Waals surface area (Å²) < 4.78 is 0.